The van der Waals surface area contributed by atoms with Crippen molar-refractivity contribution in [2.45, 2.75) is 18.8 Å². The fourth-order valence-electron chi connectivity index (χ4n) is 3.72. The van der Waals surface area contributed by atoms with Gasteiger partial charge in [0, 0.05) is 23.8 Å². The minimum Gasteiger partial charge on any atom is -0.354 e. The zero-order valence-corrected chi connectivity index (χ0v) is 18.6. The van der Waals surface area contributed by atoms with E-state index in [4.69, 9.17) is 11.6 Å². The number of hydrogen-bond acceptors (Lipinski definition) is 4. The lowest BCUT2D eigenvalue weighted by atomic mass is 10.0. The van der Waals surface area contributed by atoms with Crippen LogP contribution in [-0.2, 0) is 17.5 Å². The third-order valence-electron chi connectivity index (χ3n) is 5.32. The van der Waals surface area contributed by atoms with Crippen molar-refractivity contribution >= 4 is 35.0 Å². The SMILES string of the molecule is CNC(=O)c1cc(NC(=O)c2ccc(C(F)(F)F)cn2)c2n1CC(=O)NC2c1cc(F)ccc1Cl. The van der Waals surface area contributed by atoms with E-state index < -0.39 is 41.3 Å². The van der Waals surface area contributed by atoms with Gasteiger partial charge in [0.25, 0.3) is 11.8 Å². The van der Waals surface area contributed by atoms with Gasteiger partial charge in [-0.05, 0) is 36.4 Å². The summed E-state index contributed by atoms with van der Waals surface area (Å²) in [4.78, 5) is 41.3. The Kier molecular flexibility index (Phi) is 6.24. The topological polar surface area (TPSA) is 105 Å². The first-order chi connectivity index (χ1) is 16.5. The molecular weight excluding hydrogens is 494 g/mol. The van der Waals surface area contributed by atoms with Gasteiger partial charge in [0.15, 0.2) is 0 Å². The molecule has 13 heteroatoms. The molecule has 1 aromatic carbocycles. The molecule has 0 spiro atoms. The normalized spacial score (nSPS) is 15.3. The van der Waals surface area contributed by atoms with Gasteiger partial charge in [0.1, 0.15) is 23.7 Å². The Balaban J connectivity index is 1.79. The zero-order chi connectivity index (χ0) is 25.5. The summed E-state index contributed by atoms with van der Waals surface area (Å²) in [5.74, 6) is -2.56. The van der Waals surface area contributed by atoms with Crippen molar-refractivity contribution in [1.29, 1.82) is 0 Å². The number of halogens is 5. The monoisotopic (exact) mass is 509 g/mol. The quantitative estimate of drug-likeness (QED) is 0.468. The number of hydrogen-bond donors (Lipinski definition) is 3. The maximum absolute atomic E-state index is 14.0. The van der Waals surface area contributed by atoms with Crippen LogP contribution in [0.4, 0.5) is 23.2 Å². The largest absolute Gasteiger partial charge is 0.417 e. The Hall–Kier alpha value is -3.93. The minimum absolute atomic E-state index is 0.0190. The second-order valence-electron chi connectivity index (χ2n) is 7.54. The number of aromatic nitrogens is 2. The molecule has 3 N–H and O–H groups in total. The van der Waals surface area contributed by atoms with Gasteiger partial charge in [0.05, 0.1) is 23.0 Å². The Morgan fingerprint density at radius 2 is 1.91 bits per heavy atom. The number of rotatable bonds is 4. The first kappa shape index (κ1) is 24.2. The second kappa shape index (κ2) is 9.02. The van der Waals surface area contributed by atoms with E-state index in [0.717, 1.165) is 18.2 Å². The molecule has 0 saturated heterocycles. The van der Waals surface area contributed by atoms with Gasteiger partial charge < -0.3 is 20.5 Å². The second-order valence-corrected chi connectivity index (χ2v) is 7.95. The van der Waals surface area contributed by atoms with Gasteiger partial charge >= 0.3 is 6.18 Å². The summed E-state index contributed by atoms with van der Waals surface area (Å²) >= 11 is 6.25. The Morgan fingerprint density at radius 1 is 1.17 bits per heavy atom. The molecule has 2 aromatic heterocycles. The van der Waals surface area contributed by atoms with Crippen LogP contribution in [0.2, 0.25) is 5.02 Å². The third-order valence-corrected chi connectivity index (χ3v) is 5.66. The summed E-state index contributed by atoms with van der Waals surface area (Å²) in [6.45, 7) is -0.282. The summed E-state index contributed by atoms with van der Waals surface area (Å²) in [7, 11) is 1.37. The van der Waals surface area contributed by atoms with Gasteiger partial charge in [-0.3, -0.25) is 19.4 Å². The van der Waals surface area contributed by atoms with E-state index in [0.29, 0.717) is 12.3 Å². The first-order valence-electron chi connectivity index (χ1n) is 10.0. The highest BCUT2D eigenvalue weighted by molar-refractivity contribution is 6.31. The molecule has 182 valence electrons. The van der Waals surface area contributed by atoms with Gasteiger partial charge in [-0.2, -0.15) is 13.2 Å². The van der Waals surface area contributed by atoms with Crippen LogP contribution in [0.25, 0.3) is 0 Å². The third kappa shape index (κ3) is 4.69. The molecule has 1 aliphatic rings. The first-order valence-corrected chi connectivity index (χ1v) is 10.4. The van der Waals surface area contributed by atoms with E-state index in [1.54, 1.807) is 0 Å². The number of benzene rings is 1. The Bertz CT molecular complexity index is 1340. The molecule has 0 fully saturated rings. The number of nitrogens with zero attached hydrogens (tertiary/aromatic N) is 2. The number of carbonyl (C=O) groups is 3. The average Bonchev–Trinajstić information content (AvgIpc) is 3.17. The molecule has 8 nitrogen and oxygen atoms in total. The molecule has 1 unspecified atom stereocenters. The lowest BCUT2D eigenvalue weighted by Crippen LogP contribution is -2.41. The van der Waals surface area contributed by atoms with Crippen LogP contribution in [0.5, 0.6) is 0 Å². The van der Waals surface area contributed by atoms with Crippen molar-refractivity contribution in [1.82, 2.24) is 20.2 Å². The van der Waals surface area contributed by atoms with Crippen LogP contribution >= 0.6 is 11.6 Å². The molecule has 0 radical (unpaired) electrons. The van der Waals surface area contributed by atoms with E-state index >= 15 is 0 Å². The van der Waals surface area contributed by atoms with E-state index in [2.05, 4.69) is 20.9 Å². The number of anilines is 1. The van der Waals surface area contributed by atoms with Crippen LogP contribution in [0.1, 0.15) is 43.8 Å². The highest BCUT2D eigenvalue weighted by Crippen LogP contribution is 2.37. The number of alkyl halides is 3. The summed E-state index contributed by atoms with van der Waals surface area (Å²) in [6, 6.07) is 5.41. The summed E-state index contributed by atoms with van der Waals surface area (Å²) in [5.41, 5.74) is -0.881. The van der Waals surface area contributed by atoms with Crippen molar-refractivity contribution in [3.63, 3.8) is 0 Å². The van der Waals surface area contributed by atoms with Gasteiger partial charge in [0.2, 0.25) is 5.91 Å². The number of nitrogens with one attached hydrogen (secondary N) is 3. The molecule has 1 aliphatic heterocycles. The van der Waals surface area contributed by atoms with Crippen molar-refractivity contribution in [2.24, 2.45) is 0 Å². The maximum atomic E-state index is 14.0. The van der Waals surface area contributed by atoms with Crippen molar-refractivity contribution < 1.29 is 31.9 Å². The lowest BCUT2D eigenvalue weighted by Gasteiger charge is -2.29. The fourth-order valence-corrected chi connectivity index (χ4v) is 3.95. The molecule has 3 aromatic rings. The van der Waals surface area contributed by atoms with Gasteiger partial charge in [-0.25, -0.2) is 4.39 Å². The standard InChI is InChI=1S/C22H16ClF4N5O3/c1-28-21(35)16-7-15(30-20(34)14-5-2-10(8-29-14)22(25,26)27)19-18(31-17(33)9-32(16)19)12-6-11(24)3-4-13(12)23/h2-8,18H,9H2,1H3,(H,28,35)(H,30,34)(H,31,33). The molecule has 1 atom stereocenters. The molecule has 4 rings (SSSR count). The Labute approximate surface area is 200 Å². The molecule has 35 heavy (non-hydrogen) atoms. The van der Waals surface area contributed by atoms with Crippen molar-refractivity contribution in [3.8, 4) is 0 Å². The summed E-state index contributed by atoms with van der Waals surface area (Å²) in [5, 5.41) is 7.74. The molecule has 0 bridgehead atoms. The number of carbonyl (C=O) groups excluding carboxylic acids is 3. The van der Waals surface area contributed by atoms with Crippen molar-refractivity contribution in [3.05, 3.63) is 81.6 Å². The van der Waals surface area contributed by atoms with Crippen LogP contribution in [0.15, 0.2) is 42.6 Å². The van der Waals surface area contributed by atoms with Crippen molar-refractivity contribution in [2.75, 3.05) is 12.4 Å². The predicted octanol–water partition coefficient (Wildman–Crippen LogP) is 3.53. The summed E-state index contributed by atoms with van der Waals surface area (Å²) in [6.07, 6.45) is -4.10. The number of pyridine rings is 1. The number of fused-ring (bicyclic) bond motifs is 1. The van der Waals surface area contributed by atoms with E-state index in [-0.39, 0.29) is 39.9 Å². The Morgan fingerprint density at radius 3 is 2.54 bits per heavy atom. The summed E-state index contributed by atoms with van der Waals surface area (Å²) < 4.78 is 53.8. The zero-order valence-electron chi connectivity index (χ0n) is 17.8. The molecular formula is C22H16ClF4N5O3. The highest BCUT2D eigenvalue weighted by Gasteiger charge is 2.35. The van der Waals surface area contributed by atoms with E-state index in [9.17, 15) is 31.9 Å². The van der Waals surface area contributed by atoms with Gasteiger partial charge in [-0.15, -0.1) is 0 Å². The molecule has 0 aliphatic carbocycles. The smallest absolute Gasteiger partial charge is 0.354 e. The molecule has 0 saturated carbocycles. The van der Waals surface area contributed by atoms with E-state index in [1.807, 2.05) is 0 Å². The highest BCUT2D eigenvalue weighted by atomic mass is 35.5. The maximum Gasteiger partial charge on any atom is 0.417 e. The van der Waals surface area contributed by atoms with E-state index in [1.165, 1.54) is 23.7 Å². The van der Waals surface area contributed by atoms with Crippen LogP contribution in [0.3, 0.4) is 0 Å². The average molecular weight is 510 g/mol. The predicted molar refractivity (Wildman–Crippen MR) is 116 cm³/mol. The molecule has 3 amide bonds. The fraction of sp³-hybridized carbons (Fsp3) is 0.182. The lowest BCUT2D eigenvalue weighted by molar-refractivity contribution is -0.137. The van der Waals surface area contributed by atoms with Crippen LogP contribution in [0, 0.1) is 5.82 Å². The molecule has 3 heterocycles. The van der Waals surface area contributed by atoms with Crippen LogP contribution in [-0.4, -0.2) is 34.3 Å². The van der Waals surface area contributed by atoms with Crippen LogP contribution < -0.4 is 16.0 Å². The van der Waals surface area contributed by atoms with Gasteiger partial charge in [-0.1, -0.05) is 11.6 Å². The number of amides is 3. The minimum atomic E-state index is -4.62.